The molecule has 2 saturated heterocycles. The van der Waals surface area contributed by atoms with Crippen LogP contribution >= 0.6 is 0 Å². The summed E-state index contributed by atoms with van der Waals surface area (Å²) < 4.78 is 16.6. The second-order valence-corrected chi connectivity index (χ2v) is 7.33. The molecule has 0 radical (unpaired) electrons. The number of aromatic nitrogens is 3. The van der Waals surface area contributed by atoms with Crippen LogP contribution in [-0.2, 0) is 11.2 Å². The number of hydrogen-bond acceptors (Lipinski definition) is 7. The number of nitrogens with zero attached hydrogens (tertiary/aromatic N) is 4. The van der Waals surface area contributed by atoms with E-state index in [1.807, 2.05) is 4.90 Å². The first-order valence-electron chi connectivity index (χ1n) is 8.86. The Morgan fingerprint density at radius 2 is 2.16 bits per heavy atom. The van der Waals surface area contributed by atoms with E-state index in [0.29, 0.717) is 48.8 Å². The van der Waals surface area contributed by atoms with E-state index in [2.05, 4.69) is 15.3 Å². The van der Waals surface area contributed by atoms with Gasteiger partial charge in [-0.15, -0.1) is 0 Å². The lowest BCUT2D eigenvalue weighted by molar-refractivity contribution is 0.0328. The molecule has 1 amide bonds. The molecule has 3 aliphatic rings. The average Bonchev–Trinajstić information content (AvgIpc) is 2.93. The molecule has 2 aliphatic heterocycles. The standard InChI is InChI=1S/C17H20N4O4/c1-9-18-16(25-19-9)5-12-4-11-7-21(8-15(11)23-12)17(22)13-6-14(24-20-13)10-2-3-10/h6,10-12,15H,2-5,7-8H2,1H3/t11-,12+,15+/m1/s1. The first-order chi connectivity index (χ1) is 12.2. The van der Waals surface area contributed by atoms with Gasteiger partial charge in [-0.25, -0.2) is 0 Å². The van der Waals surface area contributed by atoms with Gasteiger partial charge in [0.15, 0.2) is 11.5 Å². The Balaban J connectivity index is 1.19. The highest BCUT2D eigenvalue weighted by molar-refractivity contribution is 5.92. The van der Waals surface area contributed by atoms with Crippen molar-refractivity contribution in [3.8, 4) is 0 Å². The molecule has 1 saturated carbocycles. The number of rotatable bonds is 4. The summed E-state index contributed by atoms with van der Waals surface area (Å²) in [6, 6.07) is 1.80. The normalized spacial score (nSPS) is 28.5. The van der Waals surface area contributed by atoms with Crippen LogP contribution in [0.2, 0.25) is 0 Å². The maximum atomic E-state index is 12.6. The molecule has 1 aliphatic carbocycles. The molecule has 2 aromatic heterocycles. The first kappa shape index (κ1) is 15.1. The molecule has 0 spiro atoms. The molecule has 8 heteroatoms. The minimum atomic E-state index is -0.0577. The van der Waals surface area contributed by atoms with Gasteiger partial charge in [0.05, 0.1) is 18.6 Å². The summed E-state index contributed by atoms with van der Waals surface area (Å²) in [5.41, 5.74) is 0.416. The van der Waals surface area contributed by atoms with E-state index < -0.39 is 0 Å². The van der Waals surface area contributed by atoms with Gasteiger partial charge in [-0.1, -0.05) is 10.3 Å². The van der Waals surface area contributed by atoms with Crippen molar-refractivity contribution >= 4 is 5.91 Å². The van der Waals surface area contributed by atoms with Crippen molar-refractivity contribution in [2.75, 3.05) is 13.1 Å². The van der Waals surface area contributed by atoms with Crippen molar-refractivity contribution in [1.29, 1.82) is 0 Å². The fourth-order valence-corrected chi connectivity index (χ4v) is 3.89. The lowest BCUT2D eigenvalue weighted by atomic mass is 10.0. The fraction of sp³-hybridized carbons (Fsp3) is 0.647. The van der Waals surface area contributed by atoms with Gasteiger partial charge in [-0.2, -0.15) is 4.98 Å². The molecule has 8 nitrogen and oxygen atoms in total. The Morgan fingerprint density at radius 3 is 2.88 bits per heavy atom. The highest BCUT2D eigenvalue weighted by Crippen LogP contribution is 2.40. The molecule has 4 heterocycles. The lowest BCUT2D eigenvalue weighted by Gasteiger charge is -2.17. The lowest BCUT2D eigenvalue weighted by Crippen LogP contribution is -2.31. The smallest absolute Gasteiger partial charge is 0.276 e. The van der Waals surface area contributed by atoms with Gasteiger partial charge in [0.1, 0.15) is 5.76 Å². The van der Waals surface area contributed by atoms with E-state index in [1.54, 1.807) is 13.0 Å². The molecule has 25 heavy (non-hydrogen) atoms. The van der Waals surface area contributed by atoms with Gasteiger partial charge < -0.3 is 18.7 Å². The molecule has 132 valence electrons. The number of ether oxygens (including phenoxy) is 1. The van der Waals surface area contributed by atoms with Crippen LogP contribution in [0, 0.1) is 12.8 Å². The van der Waals surface area contributed by atoms with Crippen molar-refractivity contribution in [3.05, 3.63) is 29.2 Å². The number of carbonyl (C=O) groups excluding carboxylic acids is 1. The van der Waals surface area contributed by atoms with Gasteiger partial charge in [0.2, 0.25) is 5.89 Å². The Bertz CT molecular complexity index is 782. The van der Waals surface area contributed by atoms with Crippen LogP contribution in [0.3, 0.4) is 0 Å². The maximum Gasteiger partial charge on any atom is 0.276 e. The number of likely N-dealkylation sites (tertiary alicyclic amines) is 1. The van der Waals surface area contributed by atoms with Gasteiger partial charge in [-0.3, -0.25) is 4.79 Å². The zero-order chi connectivity index (χ0) is 17.0. The Hall–Kier alpha value is -2.22. The van der Waals surface area contributed by atoms with Crippen molar-refractivity contribution in [2.45, 2.75) is 50.7 Å². The maximum absolute atomic E-state index is 12.6. The molecular formula is C17H20N4O4. The van der Waals surface area contributed by atoms with Crippen molar-refractivity contribution < 1.29 is 18.6 Å². The molecule has 0 aromatic carbocycles. The highest BCUT2D eigenvalue weighted by Gasteiger charge is 2.44. The molecule has 0 N–H and O–H groups in total. The average molecular weight is 344 g/mol. The van der Waals surface area contributed by atoms with Crippen molar-refractivity contribution in [2.24, 2.45) is 5.92 Å². The minimum Gasteiger partial charge on any atom is -0.372 e. The van der Waals surface area contributed by atoms with Crippen LogP contribution in [0.5, 0.6) is 0 Å². The third kappa shape index (κ3) is 2.84. The van der Waals surface area contributed by atoms with E-state index in [0.717, 1.165) is 25.0 Å². The van der Waals surface area contributed by atoms with Crippen LogP contribution < -0.4 is 0 Å². The van der Waals surface area contributed by atoms with Gasteiger partial charge >= 0.3 is 0 Å². The predicted octanol–water partition coefficient (Wildman–Crippen LogP) is 1.72. The summed E-state index contributed by atoms with van der Waals surface area (Å²) in [6.45, 7) is 3.11. The van der Waals surface area contributed by atoms with Gasteiger partial charge in [0.25, 0.3) is 5.91 Å². The Kier molecular flexibility index (Phi) is 3.41. The zero-order valence-electron chi connectivity index (χ0n) is 14.1. The van der Waals surface area contributed by atoms with Crippen LogP contribution in [-0.4, -0.2) is 51.4 Å². The Labute approximate surface area is 144 Å². The monoisotopic (exact) mass is 344 g/mol. The van der Waals surface area contributed by atoms with Gasteiger partial charge in [0, 0.05) is 31.0 Å². The quantitative estimate of drug-likeness (QED) is 0.833. The van der Waals surface area contributed by atoms with Crippen LogP contribution in [0.1, 0.15) is 53.1 Å². The SMILES string of the molecule is Cc1noc(C[C@@H]2C[C@@H]3CN(C(=O)c4cc(C5CC5)on4)C[C@@H]3O2)n1. The molecule has 0 unspecified atom stereocenters. The summed E-state index contributed by atoms with van der Waals surface area (Å²) in [5, 5.41) is 7.76. The summed E-state index contributed by atoms with van der Waals surface area (Å²) in [7, 11) is 0. The molecule has 0 bridgehead atoms. The highest BCUT2D eigenvalue weighted by atomic mass is 16.5. The first-order valence-corrected chi connectivity index (χ1v) is 8.86. The second kappa shape index (κ2) is 5.66. The summed E-state index contributed by atoms with van der Waals surface area (Å²) in [4.78, 5) is 18.7. The predicted molar refractivity (Wildman–Crippen MR) is 83.9 cm³/mol. The molecule has 3 fully saturated rings. The number of amides is 1. The summed E-state index contributed by atoms with van der Waals surface area (Å²) >= 11 is 0. The number of carbonyl (C=O) groups is 1. The van der Waals surface area contributed by atoms with Gasteiger partial charge in [-0.05, 0) is 26.2 Å². The van der Waals surface area contributed by atoms with Crippen LogP contribution in [0.15, 0.2) is 15.1 Å². The van der Waals surface area contributed by atoms with Crippen LogP contribution in [0.25, 0.3) is 0 Å². The molecule has 3 atom stereocenters. The van der Waals surface area contributed by atoms with E-state index in [-0.39, 0.29) is 18.1 Å². The zero-order valence-corrected chi connectivity index (χ0v) is 14.1. The fourth-order valence-electron chi connectivity index (χ4n) is 3.89. The number of hydrogen-bond donors (Lipinski definition) is 0. The second-order valence-electron chi connectivity index (χ2n) is 7.33. The van der Waals surface area contributed by atoms with Crippen molar-refractivity contribution in [3.63, 3.8) is 0 Å². The van der Waals surface area contributed by atoms with E-state index in [1.165, 1.54) is 0 Å². The number of aryl methyl sites for hydroxylation is 1. The molecule has 5 rings (SSSR count). The van der Waals surface area contributed by atoms with Crippen LogP contribution in [0.4, 0.5) is 0 Å². The van der Waals surface area contributed by atoms with E-state index in [4.69, 9.17) is 13.8 Å². The molecular weight excluding hydrogens is 324 g/mol. The van der Waals surface area contributed by atoms with E-state index in [9.17, 15) is 4.79 Å². The van der Waals surface area contributed by atoms with E-state index >= 15 is 0 Å². The largest absolute Gasteiger partial charge is 0.372 e. The minimum absolute atomic E-state index is 0.0577. The summed E-state index contributed by atoms with van der Waals surface area (Å²) in [6.07, 6.45) is 3.96. The van der Waals surface area contributed by atoms with Crippen molar-refractivity contribution in [1.82, 2.24) is 20.2 Å². The summed E-state index contributed by atoms with van der Waals surface area (Å²) in [5.74, 6) is 2.86. The third-order valence-corrected chi connectivity index (χ3v) is 5.30. The Morgan fingerprint density at radius 1 is 1.28 bits per heavy atom. The molecule has 2 aromatic rings. The third-order valence-electron chi connectivity index (χ3n) is 5.30. The topological polar surface area (TPSA) is 94.5 Å². The number of fused-ring (bicyclic) bond motifs is 1.